The molecule has 0 bridgehead atoms. The van der Waals surface area contributed by atoms with E-state index in [1.807, 2.05) is 0 Å². The van der Waals surface area contributed by atoms with Crippen molar-refractivity contribution >= 4 is 11.6 Å². The number of aromatic nitrogens is 2. The van der Waals surface area contributed by atoms with Crippen molar-refractivity contribution in [2.45, 2.75) is 38.1 Å². The first kappa shape index (κ1) is 12.7. The molecule has 1 atom stereocenters. The van der Waals surface area contributed by atoms with Gasteiger partial charge in [0.1, 0.15) is 18.0 Å². The van der Waals surface area contributed by atoms with Crippen molar-refractivity contribution in [1.29, 1.82) is 0 Å². The van der Waals surface area contributed by atoms with E-state index < -0.39 is 0 Å². The molecule has 0 spiro atoms. The van der Waals surface area contributed by atoms with Crippen LogP contribution < -0.4 is 15.5 Å². The summed E-state index contributed by atoms with van der Waals surface area (Å²) in [6.45, 7) is 4.02. The quantitative estimate of drug-likeness (QED) is 0.891. The van der Waals surface area contributed by atoms with Gasteiger partial charge in [-0.1, -0.05) is 0 Å². The lowest BCUT2D eigenvalue weighted by Gasteiger charge is -2.36. The molecule has 104 valence electrons. The summed E-state index contributed by atoms with van der Waals surface area (Å²) in [4.78, 5) is 13.6. The van der Waals surface area contributed by atoms with E-state index in [1.54, 1.807) is 6.33 Å². The molecule has 2 N–H and O–H groups in total. The summed E-state index contributed by atoms with van der Waals surface area (Å²) in [5.41, 5.74) is 5.90. The van der Waals surface area contributed by atoms with Crippen LogP contribution in [0.15, 0.2) is 12.4 Å². The van der Waals surface area contributed by atoms with E-state index in [0.717, 1.165) is 31.3 Å². The molecular formula is C14H23N5. The second-order valence-electron chi connectivity index (χ2n) is 5.51. The van der Waals surface area contributed by atoms with Crippen LogP contribution in [0, 0.1) is 0 Å². The van der Waals surface area contributed by atoms with Gasteiger partial charge in [-0.2, -0.15) is 0 Å². The largest absolute Gasteiger partial charge is 0.356 e. The van der Waals surface area contributed by atoms with Crippen molar-refractivity contribution < 1.29 is 0 Å². The summed E-state index contributed by atoms with van der Waals surface area (Å²) in [5, 5.41) is 0. The van der Waals surface area contributed by atoms with Crippen LogP contribution in [0.1, 0.15) is 32.1 Å². The predicted octanol–water partition coefficient (Wildman–Crippen LogP) is 1.39. The van der Waals surface area contributed by atoms with Crippen molar-refractivity contribution in [3.05, 3.63) is 12.4 Å². The second kappa shape index (κ2) is 5.74. The standard InChI is InChI=1S/C14H23N5/c15-10-12-5-1-2-8-19(12)14-9-13(16-11-17-14)18-6-3-4-7-18/h9,11-12H,1-8,10,15H2. The number of rotatable bonds is 3. The van der Waals surface area contributed by atoms with Crippen LogP contribution in [0.25, 0.3) is 0 Å². The van der Waals surface area contributed by atoms with E-state index in [9.17, 15) is 0 Å². The SMILES string of the molecule is NCC1CCCCN1c1cc(N2CCCC2)ncn1. The third-order valence-electron chi connectivity index (χ3n) is 4.26. The highest BCUT2D eigenvalue weighted by Crippen LogP contribution is 2.26. The summed E-state index contributed by atoms with van der Waals surface area (Å²) in [7, 11) is 0. The fourth-order valence-corrected chi connectivity index (χ4v) is 3.16. The molecule has 0 aliphatic carbocycles. The number of piperidine rings is 1. The Kier molecular flexibility index (Phi) is 3.82. The Morgan fingerprint density at radius 2 is 1.79 bits per heavy atom. The molecule has 1 unspecified atom stereocenters. The van der Waals surface area contributed by atoms with Gasteiger partial charge in [-0.15, -0.1) is 0 Å². The van der Waals surface area contributed by atoms with Gasteiger partial charge in [0, 0.05) is 38.3 Å². The van der Waals surface area contributed by atoms with Crippen LogP contribution in [-0.2, 0) is 0 Å². The molecule has 1 aromatic rings. The number of hydrogen-bond acceptors (Lipinski definition) is 5. The van der Waals surface area contributed by atoms with E-state index in [4.69, 9.17) is 5.73 Å². The Bertz CT molecular complexity index is 416. The maximum Gasteiger partial charge on any atom is 0.134 e. The number of hydrogen-bond donors (Lipinski definition) is 1. The third kappa shape index (κ3) is 2.66. The summed E-state index contributed by atoms with van der Waals surface area (Å²) >= 11 is 0. The van der Waals surface area contributed by atoms with E-state index in [0.29, 0.717) is 12.6 Å². The van der Waals surface area contributed by atoms with Gasteiger partial charge in [0.2, 0.25) is 0 Å². The minimum atomic E-state index is 0.440. The fraction of sp³-hybridized carbons (Fsp3) is 0.714. The number of nitrogens with zero attached hydrogens (tertiary/aromatic N) is 4. The predicted molar refractivity (Wildman–Crippen MR) is 77.5 cm³/mol. The number of nitrogens with two attached hydrogens (primary N) is 1. The normalized spacial score (nSPS) is 23.9. The molecule has 2 saturated heterocycles. The first-order valence-electron chi connectivity index (χ1n) is 7.42. The molecule has 3 rings (SSSR count). The van der Waals surface area contributed by atoms with Crippen molar-refractivity contribution in [2.24, 2.45) is 5.73 Å². The van der Waals surface area contributed by atoms with Gasteiger partial charge in [0.25, 0.3) is 0 Å². The highest BCUT2D eigenvalue weighted by molar-refractivity contribution is 5.51. The van der Waals surface area contributed by atoms with E-state index >= 15 is 0 Å². The minimum absolute atomic E-state index is 0.440. The van der Waals surface area contributed by atoms with Crippen molar-refractivity contribution in [2.75, 3.05) is 36.0 Å². The van der Waals surface area contributed by atoms with Gasteiger partial charge in [0.05, 0.1) is 0 Å². The fourth-order valence-electron chi connectivity index (χ4n) is 3.16. The summed E-state index contributed by atoms with van der Waals surface area (Å²) in [5.74, 6) is 2.12. The highest BCUT2D eigenvalue weighted by atomic mass is 15.3. The van der Waals surface area contributed by atoms with Gasteiger partial charge >= 0.3 is 0 Å². The Morgan fingerprint density at radius 3 is 2.58 bits per heavy atom. The zero-order chi connectivity index (χ0) is 13.1. The molecule has 3 heterocycles. The van der Waals surface area contributed by atoms with E-state index in [1.165, 1.54) is 32.1 Å². The molecule has 5 nitrogen and oxygen atoms in total. The maximum absolute atomic E-state index is 5.90. The zero-order valence-corrected chi connectivity index (χ0v) is 11.5. The lowest BCUT2D eigenvalue weighted by atomic mass is 10.0. The van der Waals surface area contributed by atoms with Gasteiger partial charge < -0.3 is 15.5 Å². The van der Waals surface area contributed by atoms with Gasteiger partial charge in [-0.05, 0) is 32.1 Å². The molecule has 2 fully saturated rings. The lowest BCUT2D eigenvalue weighted by Crippen LogP contribution is -2.44. The van der Waals surface area contributed by atoms with Crippen LogP contribution in [0.4, 0.5) is 11.6 Å². The topological polar surface area (TPSA) is 58.3 Å². The Morgan fingerprint density at radius 1 is 1.05 bits per heavy atom. The molecule has 19 heavy (non-hydrogen) atoms. The van der Waals surface area contributed by atoms with Crippen molar-refractivity contribution in [1.82, 2.24) is 9.97 Å². The van der Waals surface area contributed by atoms with Gasteiger partial charge in [0.15, 0.2) is 0 Å². The average Bonchev–Trinajstić information content (AvgIpc) is 3.01. The van der Waals surface area contributed by atoms with Crippen LogP contribution in [0.3, 0.4) is 0 Å². The van der Waals surface area contributed by atoms with Crippen LogP contribution >= 0.6 is 0 Å². The van der Waals surface area contributed by atoms with Gasteiger partial charge in [-0.25, -0.2) is 9.97 Å². The molecule has 0 amide bonds. The minimum Gasteiger partial charge on any atom is -0.356 e. The van der Waals surface area contributed by atoms with Gasteiger partial charge in [-0.3, -0.25) is 0 Å². The lowest BCUT2D eigenvalue weighted by molar-refractivity contribution is 0.462. The first-order valence-corrected chi connectivity index (χ1v) is 7.42. The average molecular weight is 261 g/mol. The maximum atomic E-state index is 5.90. The zero-order valence-electron chi connectivity index (χ0n) is 11.5. The Labute approximate surface area is 114 Å². The molecule has 0 radical (unpaired) electrons. The van der Waals surface area contributed by atoms with E-state index in [-0.39, 0.29) is 0 Å². The number of anilines is 2. The van der Waals surface area contributed by atoms with Crippen LogP contribution in [0.2, 0.25) is 0 Å². The molecule has 2 aliphatic rings. The van der Waals surface area contributed by atoms with E-state index in [2.05, 4.69) is 25.8 Å². The highest BCUT2D eigenvalue weighted by Gasteiger charge is 2.23. The summed E-state index contributed by atoms with van der Waals surface area (Å²) < 4.78 is 0. The van der Waals surface area contributed by atoms with Crippen molar-refractivity contribution in [3.63, 3.8) is 0 Å². The second-order valence-corrected chi connectivity index (χ2v) is 5.51. The molecule has 2 aliphatic heterocycles. The summed E-state index contributed by atoms with van der Waals surface area (Å²) in [6.07, 6.45) is 7.94. The molecular weight excluding hydrogens is 238 g/mol. The smallest absolute Gasteiger partial charge is 0.134 e. The van der Waals surface area contributed by atoms with Crippen molar-refractivity contribution in [3.8, 4) is 0 Å². The monoisotopic (exact) mass is 261 g/mol. The molecule has 1 aromatic heterocycles. The molecule has 0 saturated carbocycles. The summed E-state index contributed by atoms with van der Waals surface area (Å²) in [6, 6.07) is 2.58. The Hall–Kier alpha value is -1.36. The van der Waals surface area contributed by atoms with Crippen LogP contribution in [-0.4, -0.2) is 42.2 Å². The third-order valence-corrected chi connectivity index (χ3v) is 4.26. The molecule has 0 aromatic carbocycles. The first-order chi connectivity index (χ1) is 9.38. The Balaban J connectivity index is 1.81. The molecule has 5 heteroatoms. The van der Waals surface area contributed by atoms with Crippen LogP contribution in [0.5, 0.6) is 0 Å².